The highest BCUT2D eigenvalue weighted by atomic mass is 16.5. The van der Waals surface area contributed by atoms with Gasteiger partial charge < -0.3 is 10.1 Å². The molecule has 1 unspecified atom stereocenters. The van der Waals surface area contributed by atoms with E-state index in [-0.39, 0.29) is 17.9 Å². The van der Waals surface area contributed by atoms with Crippen LogP contribution in [0, 0.1) is 5.92 Å². The van der Waals surface area contributed by atoms with E-state index >= 15 is 0 Å². The normalized spacial score (nSPS) is 13.5. The van der Waals surface area contributed by atoms with Crippen molar-refractivity contribution in [2.24, 2.45) is 5.92 Å². The van der Waals surface area contributed by atoms with Gasteiger partial charge in [0, 0.05) is 5.92 Å². The van der Waals surface area contributed by atoms with Gasteiger partial charge in [-0.2, -0.15) is 0 Å². The summed E-state index contributed by atoms with van der Waals surface area (Å²) in [6.07, 6.45) is 2.46. The number of hydrogen-bond donors (Lipinski definition) is 1. The molecule has 18 heavy (non-hydrogen) atoms. The Bertz CT molecular complexity index is 397. The molecule has 3 nitrogen and oxygen atoms in total. The summed E-state index contributed by atoms with van der Waals surface area (Å²) >= 11 is 0. The lowest BCUT2D eigenvalue weighted by Gasteiger charge is -2.17. The molecule has 1 amide bonds. The molecule has 98 valence electrons. The van der Waals surface area contributed by atoms with Gasteiger partial charge in [-0.3, -0.25) is 4.79 Å². The van der Waals surface area contributed by atoms with Gasteiger partial charge in [0.1, 0.15) is 5.75 Å². The number of ether oxygens (including phenoxy) is 1. The molecule has 2 atom stereocenters. The van der Waals surface area contributed by atoms with E-state index < -0.39 is 0 Å². The van der Waals surface area contributed by atoms with Crippen LogP contribution in [0.15, 0.2) is 36.9 Å². The van der Waals surface area contributed by atoms with Gasteiger partial charge in [0.2, 0.25) is 5.91 Å². The Morgan fingerprint density at radius 1 is 1.39 bits per heavy atom. The average molecular weight is 247 g/mol. The maximum Gasteiger partial charge on any atom is 0.223 e. The predicted molar refractivity (Wildman–Crippen MR) is 73.5 cm³/mol. The third-order valence-electron chi connectivity index (χ3n) is 2.94. The van der Waals surface area contributed by atoms with Crippen LogP contribution in [0.5, 0.6) is 5.75 Å². The SMILES string of the molecule is C=CCC(C)C(=O)N[C@H](C)c1ccc(OC)cc1. The molecule has 1 rings (SSSR count). The quantitative estimate of drug-likeness (QED) is 0.784. The number of carbonyl (C=O) groups is 1. The zero-order chi connectivity index (χ0) is 13.5. The number of benzene rings is 1. The van der Waals surface area contributed by atoms with E-state index in [1.807, 2.05) is 38.1 Å². The Hall–Kier alpha value is -1.77. The van der Waals surface area contributed by atoms with E-state index in [1.54, 1.807) is 13.2 Å². The molecule has 0 aliphatic rings. The van der Waals surface area contributed by atoms with Crippen LogP contribution in [-0.4, -0.2) is 13.0 Å². The minimum absolute atomic E-state index is 0.00401. The van der Waals surface area contributed by atoms with E-state index in [1.165, 1.54) is 0 Å². The fraction of sp³-hybridized carbons (Fsp3) is 0.400. The lowest BCUT2D eigenvalue weighted by atomic mass is 10.0. The summed E-state index contributed by atoms with van der Waals surface area (Å²) in [4.78, 5) is 11.9. The number of rotatable bonds is 6. The Morgan fingerprint density at radius 2 is 2.00 bits per heavy atom. The standard InChI is InChI=1S/C15H21NO2/c1-5-6-11(2)15(17)16-12(3)13-7-9-14(18-4)10-8-13/h5,7-12H,1,6H2,2-4H3,(H,16,17)/t11?,12-/m1/s1. The minimum Gasteiger partial charge on any atom is -0.497 e. The number of amides is 1. The summed E-state index contributed by atoms with van der Waals surface area (Å²) in [7, 11) is 1.64. The molecule has 0 saturated heterocycles. The fourth-order valence-corrected chi connectivity index (χ4v) is 1.69. The van der Waals surface area contributed by atoms with Gasteiger partial charge in [-0.25, -0.2) is 0 Å². The molecular formula is C15H21NO2. The van der Waals surface area contributed by atoms with Crippen LogP contribution in [0.2, 0.25) is 0 Å². The summed E-state index contributed by atoms with van der Waals surface area (Å²) in [5.41, 5.74) is 1.06. The van der Waals surface area contributed by atoms with Crippen LogP contribution < -0.4 is 10.1 Å². The highest BCUT2D eigenvalue weighted by Crippen LogP contribution is 2.17. The predicted octanol–water partition coefficient (Wildman–Crippen LogP) is 3.08. The molecule has 0 aliphatic carbocycles. The lowest BCUT2D eigenvalue weighted by molar-refractivity contribution is -0.125. The van der Waals surface area contributed by atoms with Crippen LogP contribution in [0.25, 0.3) is 0 Å². The summed E-state index contributed by atoms with van der Waals surface area (Å²) in [5, 5.41) is 2.99. The first-order chi connectivity index (χ1) is 8.58. The van der Waals surface area contributed by atoms with Crippen LogP contribution >= 0.6 is 0 Å². The largest absolute Gasteiger partial charge is 0.497 e. The monoisotopic (exact) mass is 247 g/mol. The Labute approximate surface area is 109 Å². The Morgan fingerprint density at radius 3 is 2.50 bits per heavy atom. The Kier molecular flexibility index (Phi) is 5.43. The first-order valence-corrected chi connectivity index (χ1v) is 6.13. The van der Waals surface area contributed by atoms with Crippen LogP contribution in [-0.2, 0) is 4.79 Å². The van der Waals surface area contributed by atoms with Crippen LogP contribution in [0.3, 0.4) is 0 Å². The molecule has 0 aromatic heterocycles. The number of hydrogen-bond acceptors (Lipinski definition) is 2. The van der Waals surface area contributed by atoms with E-state index in [2.05, 4.69) is 11.9 Å². The van der Waals surface area contributed by atoms with Crippen molar-refractivity contribution >= 4 is 5.91 Å². The van der Waals surface area contributed by atoms with Crippen LogP contribution in [0.1, 0.15) is 31.9 Å². The highest BCUT2D eigenvalue weighted by Gasteiger charge is 2.14. The molecular weight excluding hydrogens is 226 g/mol. The molecule has 1 aromatic carbocycles. The molecule has 0 radical (unpaired) electrons. The maximum atomic E-state index is 11.9. The summed E-state index contributed by atoms with van der Waals surface area (Å²) < 4.78 is 5.10. The topological polar surface area (TPSA) is 38.3 Å². The van der Waals surface area contributed by atoms with Gasteiger partial charge in [0.05, 0.1) is 13.2 Å². The minimum atomic E-state index is -0.0387. The fourth-order valence-electron chi connectivity index (χ4n) is 1.69. The third kappa shape index (κ3) is 3.91. The molecule has 0 aliphatic heterocycles. The highest BCUT2D eigenvalue weighted by molar-refractivity contribution is 5.78. The second kappa shape index (κ2) is 6.84. The van der Waals surface area contributed by atoms with Crippen molar-refractivity contribution in [1.82, 2.24) is 5.32 Å². The van der Waals surface area contributed by atoms with E-state index in [4.69, 9.17) is 4.74 Å². The van der Waals surface area contributed by atoms with Crippen molar-refractivity contribution in [3.63, 3.8) is 0 Å². The van der Waals surface area contributed by atoms with Crippen molar-refractivity contribution < 1.29 is 9.53 Å². The zero-order valence-electron chi connectivity index (χ0n) is 11.3. The number of nitrogens with one attached hydrogen (secondary N) is 1. The van der Waals surface area contributed by atoms with Gasteiger partial charge in [0.25, 0.3) is 0 Å². The summed E-state index contributed by atoms with van der Waals surface area (Å²) in [5.74, 6) is 0.832. The molecule has 0 fully saturated rings. The lowest BCUT2D eigenvalue weighted by Crippen LogP contribution is -2.31. The maximum absolute atomic E-state index is 11.9. The van der Waals surface area contributed by atoms with E-state index in [0.717, 1.165) is 11.3 Å². The van der Waals surface area contributed by atoms with Gasteiger partial charge in [0.15, 0.2) is 0 Å². The van der Waals surface area contributed by atoms with E-state index in [0.29, 0.717) is 6.42 Å². The Balaban J connectivity index is 2.61. The number of carbonyl (C=O) groups excluding carboxylic acids is 1. The average Bonchev–Trinajstić information content (AvgIpc) is 2.39. The second-order valence-corrected chi connectivity index (χ2v) is 4.43. The van der Waals surface area contributed by atoms with Crippen molar-refractivity contribution in [2.45, 2.75) is 26.3 Å². The molecule has 3 heteroatoms. The van der Waals surface area contributed by atoms with Gasteiger partial charge in [-0.15, -0.1) is 6.58 Å². The first-order valence-electron chi connectivity index (χ1n) is 6.13. The zero-order valence-corrected chi connectivity index (χ0v) is 11.3. The molecule has 0 bridgehead atoms. The smallest absolute Gasteiger partial charge is 0.223 e. The second-order valence-electron chi connectivity index (χ2n) is 4.43. The molecule has 0 saturated carbocycles. The van der Waals surface area contributed by atoms with Crippen molar-refractivity contribution in [2.75, 3.05) is 7.11 Å². The number of allylic oxidation sites excluding steroid dienone is 1. The van der Waals surface area contributed by atoms with Gasteiger partial charge >= 0.3 is 0 Å². The number of methoxy groups -OCH3 is 1. The third-order valence-corrected chi connectivity index (χ3v) is 2.94. The summed E-state index contributed by atoms with van der Waals surface area (Å²) in [6.45, 7) is 7.52. The van der Waals surface area contributed by atoms with Gasteiger partial charge in [-0.1, -0.05) is 25.1 Å². The summed E-state index contributed by atoms with van der Waals surface area (Å²) in [6, 6.07) is 7.70. The first kappa shape index (κ1) is 14.3. The molecule has 0 heterocycles. The van der Waals surface area contributed by atoms with Crippen molar-refractivity contribution in [3.05, 3.63) is 42.5 Å². The molecule has 1 N–H and O–H groups in total. The van der Waals surface area contributed by atoms with Crippen LogP contribution in [0.4, 0.5) is 0 Å². The molecule has 1 aromatic rings. The van der Waals surface area contributed by atoms with Crippen molar-refractivity contribution in [3.8, 4) is 5.75 Å². The molecule has 0 spiro atoms. The van der Waals surface area contributed by atoms with E-state index in [9.17, 15) is 4.79 Å². The van der Waals surface area contributed by atoms with Crippen molar-refractivity contribution in [1.29, 1.82) is 0 Å². The van der Waals surface area contributed by atoms with Gasteiger partial charge in [-0.05, 0) is 31.0 Å².